The fraction of sp³-hybridized carbons (Fsp3) is 0.684. The second kappa shape index (κ2) is 7.23. The summed E-state index contributed by atoms with van der Waals surface area (Å²) in [7, 11) is -3.55. The second-order valence-electron chi connectivity index (χ2n) is 8.37. The Bertz CT molecular complexity index is 858. The Kier molecular flexibility index (Phi) is 5.13. The summed E-state index contributed by atoms with van der Waals surface area (Å²) in [6.07, 6.45) is -0.113. The van der Waals surface area contributed by atoms with E-state index < -0.39 is 39.2 Å². The molecule has 0 radical (unpaired) electrons. The van der Waals surface area contributed by atoms with Crippen LogP contribution in [0, 0.1) is 5.41 Å². The van der Waals surface area contributed by atoms with Crippen LogP contribution in [0.4, 0.5) is 13.2 Å². The normalized spacial score (nSPS) is 23.6. The van der Waals surface area contributed by atoms with Gasteiger partial charge in [-0.15, -0.1) is 0 Å². The fourth-order valence-electron chi connectivity index (χ4n) is 4.23. The Morgan fingerprint density at radius 1 is 1.14 bits per heavy atom. The lowest BCUT2D eigenvalue weighted by Crippen LogP contribution is -2.60. The van der Waals surface area contributed by atoms with E-state index in [9.17, 15) is 26.4 Å². The number of piperidine rings is 1. The Hall–Kier alpha value is -1.68. The van der Waals surface area contributed by atoms with Crippen LogP contribution in [0.5, 0.6) is 0 Å². The molecule has 2 saturated heterocycles. The molecule has 0 unspecified atom stereocenters. The van der Waals surface area contributed by atoms with Crippen LogP contribution in [-0.2, 0) is 14.8 Å². The molecule has 10 heteroatoms. The third-order valence-electron chi connectivity index (χ3n) is 6.56. The molecule has 0 aromatic carbocycles. The van der Waals surface area contributed by atoms with Crippen LogP contribution in [0.25, 0.3) is 0 Å². The SMILES string of the molecule is O=C(CC1(C(F)(F)F)CC1)N1CC(S(=O)(=O)N2CCC(c3ccncc3)CC2)C1. The molecule has 3 aliphatic rings. The average Bonchev–Trinajstić information content (AvgIpc) is 3.42. The number of carbonyl (C=O) groups excluding carboxylic acids is 1. The molecule has 1 aromatic rings. The Balaban J connectivity index is 1.29. The number of hydrogen-bond donors (Lipinski definition) is 0. The van der Waals surface area contributed by atoms with Gasteiger partial charge in [0.25, 0.3) is 0 Å². The molecule has 0 bridgehead atoms. The molecule has 1 aromatic heterocycles. The number of hydrogen-bond acceptors (Lipinski definition) is 4. The summed E-state index contributed by atoms with van der Waals surface area (Å²) < 4.78 is 66.2. The zero-order valence-corrected chi connectivity index (χ0v) is 16.8. The fourth-order valence-corrected chi connectivity index (χ4v) is 6.11. The van der Waals surface area contributed by atoms with Crippen molar-refractivity contribution < 1.29 is 26.4 Å². The number of halogens is 3. The molecule has 4 rings (SSSR count). The number of rotatable bonds is 5. The first kappa shape index (κ1) is 20.6. The van der Waals surface area contributed by atoms with Crippen LogP contribution in [-0.4, -0.2) is 66.1 Å². The van der Waals surface area contributed by atoms with Gasteiger partial charge >= 0.3 is 6.18 Å². The highest BCUT2D eigenvalue weighted by molar-refractivity contribution is 7.89. The number of sulfonamides is 1. The first-order valence-electron chi connectivity index (χ1n) is 9.86. The molecule has 1 saturated carbocycles. The largest absolute Gasteiger partial charge is 0.395 e. The maximum absolute atomic E-state index is 13.0. The van der Waals surface area contributed by atoms with Gasteiger partial charge in [-0.1, -0.05) is 0 Å². The van der Waals surface area contributed by atoms with Gasteiger partial charge in [0.1, 0.15) is 5.25 Å². The number of likely N-dealkylation sites (tertiary alicyclic amines) is 1. The van der Waals surface area contributed by atoms with Crippen molar-refractivity contribution in [2.45, 2.75) is 49.4 Å². The van der Waals surface area contributed by atoms with Gasteiger partial charge < -0.3 is 4.90 Å². The molecule has 29 heavy (non-hydrogen) atoms. The lowest BCUT2D eigenvalue weighted by molar-refractivity contribution is -0.193. The molecule has 0 N–H and O–H groups in total. The summed E-state index contributed by atoms with van der Waals surface area (Å²) in [4.78, 5) is 17.4. The van der Waals surface area contributed by atoms with E-state index in [1.54, 1.807) is 12.4 Å². The number of nitrogens with zero attached hydrogens (tertiary/aromatic N) is 3. The molecule has 160 valence electrons. The van der Waals surface area contributed by atoms with Gasteiger partial charge in [0, 0.05) is 45.0 Å². The van der Waals surface area contributed by atoms with Gasteiger partial charge in [0.2, 0.25) is 15.9 Å². The van der Waals surface area contributed by atoms with Crippen molar-refractivity contribution in [3.8, 4) is 0 Å². The molecule has 0 spiro atoms. The topological polar surface area (TPSA) is 70.6 Å². The van der Waals surface area contributed by atoms with E-state index in [4.69, 9.17) is 0 Å². The maximum atomic E-state index is 13.0. The van der Waals surface area contributed by atoms with Crippen LogP contribution in [0.15, 0.2) is 24.5 Å². The van der Waals surface area contributed by atoms with Gasteiger partial charge in [-0.2, -0.15) is 13.2 Å². The van der Waals surface area contributed by atoms with Crippen molar-refractivity contribution in [1.82, 2.24) is 14.2 Å². The minimum atomic E-state index is -4.38. The van der Waals surface area contributed by atoms with E-state index in [1.807, 2.05) is 12.1 Å². The quantitative estimate of drug-likeness (QED) is 0.719. The molecule has 6 nitrogen and oxygen atoms in total. The summed E-state index contributed by atoms with van der Waals surface area (Å²) in [6, 6.07) is 3.88. The molecular weight excluding hydrogens is 407 g/mol. The highest BCUT2D eigenvalue weighted by atomic mass is 32.2. The lowest BCUT2D eigenvalue weighted by Gasteiger charge is -2.42. The van der Waals surface area contributed by atoms with E-state index in [0.717, 1.165) is 5.56 Å². The number of carbonyl (C=O) groups is 1. The maximum Gasteiger partial charge on any atom is 0.395 e. The number of aromatic nitrogens is 1. The summed E-state index contributed by atoms with van der Waals surface area (Å²) >= 11 is 0. The van der Waals surface area contributed by atoms with Crippen molar-refractivity contribution in [2.75, 3.05) is 26.2 Å². The predicted molar refractivity (Wildman–Crippen MR) is 99.4 cm³/mol. The number of pyridine rings is 1. The van der Waals surface area contributed by atoms with Gasteiger partial charge in [-0.3, -0.25) is 9.78 Å². The van der Waals surface area contributed by atoms with Crippen LogP contribution < -0.4 is 0 Å². The minimum Gasteiger partial charge on any atom is -0.340 e. The smallest absolute Gasteiger partial charge is 0.340 e. The molecular formula is C19H24F3N3O3S. The summed E-state index contributed by atoms with van der Waals surface area (Å²) in [5.41, 5.74) is -0.737. The van der Waals surface area contributed by atoms with Crippen molar-refractivity contribution in [3.05, 3.63) is 30.1 Å². The van der Waals surface area contributed by atoms with Gasteiger partial charge in [-0.05, 0) is 49.3 Å². The van der Waals surface area contributed by atoms with Crippen molar-refractivity contribution in [2.24, 2.45) is 5.41 Å². The Morgan fingerprint density at radius 3 is 2.24 bits per heavy atom. The van der Waals surface area contributed by atoms with Crippen LogP contribution >= 0.6 is 0 Å². The van der Waals surface area contributed by atoms with Gasteiger partial charge in [-0.25, -0.2) is 12.7 Å². The van der Waals surface area contributed by atoms with E-state index in [-0.39, 0.29) is 25.9 Å². The summed E-state index contributed by atoms with van der Waals surface area (Å²) in [6.45, 7) is 0.798. The van der Waals surface area contributed by atoms with Crippen LogP contribution in [0.2, 0.25) is 0 Å². The highest BCUT2D eigenvalue weighted by Gasteiger charge is 2.64. The lowest BCUT2D eigenvalue weighted by atomic mass is 9.91. The Morgan fingerprint density at radius 2 is 1.72 bits per heavy atom. The predicted octanol–water partition coefficient (Wildman–Crippen LogP) is 2.53. The monoisotopic (exact) mass is 431 g/mol. The molecule has 2 aliphatic heterocycles. The van der Waals surface area contributed by atoms with Crippen LogP contribution in [0.3, 0.4) is 0 Å². The third-order valence-corrected chi connectivity index (χ3v) is 8.78. The van der Waals surface area contributed by atoms with E-state index in [1.165, 1.54) is 9.21 Å². The molecule has 0 atom stereocenters. The Labute approximate surface area is 168 Å². The van der Waals surface area contributed by atoms with Crippen molar-refractivity contribution in [1.29, 1.82) is 0 Å². The first-order chi connectivity index (χ1) is 13.6. The third kappa shape index (κ3) is 3.88. The first-order valence-corrected chi connectivity index (χ1v) is 11.4. The van der Waals surface area contributed by atoms with E-state index in [2.05, 4.69) is 4.98 Å². The molecule has 1 amide bonds. The minimum absolute atomic E-state index is 0.0145. The zero-order chi connectivity index (χ0) is 20.9. The highest BCUT2D eigenvalue weighted by Crippen LogP contribution is 2.60. The number of amides is 1. The summed E-state index contributed by atoms with van der Waals surface area (Å²) in [5.74, 6) is -0.302. The zero-order valence-electron chi connectivity index (χ0n) is 15.9. The second-order valence-corrected chi connectivity index (χ2v) is 10.6. The number of alkyl halides is 3. The average molecular weight is 431 g/mol. The molecule has 3 fully saturated rings. The van der Waals surface area contributed by atoms with Gasteiger partial charge in [0.15, 0.2) is 0 Å². The van der Waals surface area contributed by atoms with Gasteiger partial charge in [0.05, 0.1) is 5.41 Å². The van der Waals surface area contributed by atoms with E-state index >= 15 is 0 Å². The standard InChI is InChI=1S/C19H24F3N3O3S/c20-19(21,22)18(5-6-18)11-17(26)24-12-16(13-24)29(27,28)25-9-3-15(4-10-25)14-1-7-23-8-2-14/h1-2,7-8,15-16H,3-6,9-13H2. The molecule has 1 aliphatic carbocycles. The van der Waals surface area contributed by atoms with E-state index in [0.29, 0.717) is 31.8 Å². The summed E-state index contributed by atoms with van der Waals surface area (Å²) in [5, 5.41) is -0.718. The molecule has 3 heterocycles. The van der Waals surface area contributed by atoms with Crippen molar-refractivity contribution in [3.63, 3.8) is 0 Å². The van der Waals surface area contributed by atoms with Crippen LogP contribution in [0.1, 0.15) is 43.6 Å². The van der Waals surface area contributed by atoms with Crippen molar-refractivity contribution >= 4 is 15.9 Å².